The first-order chi connectivity index (χ1) is 16.0. The molecule has 3 aromatic carbocycles. The van der Waals surface area contributed by atoms with E-state index in [2.05, 4.69) is 10.0 Å². The summed E-state index contributed by atoms with van der Waals surface area (Å²) in [5.74, 6) is 0.197. The van der Waals surface area contributed by atoms with Gasteiger partial charge in [0.1, 0.15) is 11.5 Å². The van der Waals surface area contributed by atoms with Gasteiger partial charge in [0, 0.05) is 17.7 Å². The molecule has 3 rings (SSSR count). The van der Waals surface area contributed by atoms with Crippen LogP contribution >= 0.6 is 0 Å². The number of anilines is 2. The third-order valence-corrected chi connectivity index (χ3v) is 7.89. The number of methoxy groups -OCH3 is 2. The zero-order valence-electron chi connectivity index (χ0n) is 20.5. The van der Waals surface area contributed by atoms with Gasteiger partial charge in [-0.3, -0.25) is 9.52 Å². The minimum Gasteiger partial charge on any atom is -0.494 e. The Bertz CT molecular complexity index is 1320. The van der Waals surface area contributed by atoms with Crippen LogP contribution in [-0.4, -0.2) is 28.5 Å². The Morgan fingerprint density at radius 1 is 0.735 bits per heavy atom. The van der Waals surface area contributed by atoms with Crippen molar-refractivity contribution in [1.82, 2.24) is 0 Å². The molecule has 0 radical (unpaired) electrons. The number of sulfonamides is 1. The molecule has 8 heteroatoms. The molecular formula is C26H30N2O5S. The molecule has 0 spiro atoms. The van der Waals surface area contributed by atoms with E-state index in [-0.39, 0.29) is 28.0 Å². The summed E-state index contributed by atoms with van der Waals surface area (Å²) >= 11 is 0. The van der Waals surface area contributed by atoms with Crippen LogP contribution in [0.25, 0.3) is 0 Å². The van der Waals surface area contributed by atoms with E-state index in [1.54, 1.807) is 24.3 Å². The maximum absolute atomic E-state index is 13.5. The Hall–Kier alpha value is -3.52. The summed E-state index contributed by atoms with van der Waals surface area (Å²) in [7, 11) is -1.07. The lowest BCUT2D eigenvalue weighted by Crippen LogP contribution is -2.18. The Morgan fingerprint density at radius 3 is 1.74 bits per heavy atom. The largest absolute Gasteiger partial charge is 0.494 e. The summed E-state index contributed by atoms with van der Waals surface area (Å²) in [4.78, 5) is 12.9. The first-order valence-electron chi connectivity index (χ1n) is 10.7. The summed E-state index contributed by atoms with van der Waals surface area (Å²) in [5, 5.41) is 2.79. The van der Waals surface area contributed by atoms with Crippen LogP contribution in [0.4, 0.5) is 11.4 Å². The van der Waals surface area contributed by atoms with Gasteiger partial charge in [0.05, 0.1) is 30.5 Å². The minimum absolute atomic E-state index is 0.201. The fraction of sp³-hybridized carbons (Fsp3) is 0.269. The van der Waals surface area contributed by atoms with E-state index in [1.165, 1.54) is 26.4 Å². The number of ether oxygens (including phenoxy) is 2. The summed E-state index contributed by atoms with van der Waals surface area (Å²) in [6, 6.07) is 11.8. The number of hydrogen-bond acceptors (Lipinski definition) is 5. The predicted molar refractivity (Wildman–Crippen MR) is 135 cm³/mol. The van der Waals surface area contributed by atoms with Crippen LogP contribution in [0.1, 0.15) is 38.2 Å². The molecule has 7 nitrogen and oxygen atoms in total. The first-order valence-corrected chi connectivity index (χ1v) is 12.2. The summed E-state index contributed by atoms with van der Waals surface area (Å²) in [6.45, 7) is 9.45. The van der Waals surface area contributed by atoms with E-state index in [1.807, 2.05) is 40.7 Å². The quantitative estimate of drug-likeness (QED) is 0.477. The Labute approximate surface area is 201 Å². The topological polar surface area (TPSA) is 93.7 Å². The predicted octanol–water partition coefficient (Wildman–Crippen LogP) is 5.30. The second kappa shape index (κ2) is 9.77. The smallest absolute Gasteiger partial charge is 0.262 e. The molecule has 2 N–H and O–H groups in total. The van der Waals surface area contributed by atoms with Gasteiger partial charge in [-0.1, -0.05) is 18.2 Å². The van der Waals surface area contributed by atoms with Gasteiger partial charge in [-0.2, -0.15) is 0 Å². The van der Waals surface area contributed by atoms with Crippen LogP contribution in [0.15, 0.2) is 47.4 Å². The average Bonchev–Trinajstić information content (AvgIpc) is 2.82. The van der Waals surface area contributed by atoms with Crippen molar-refractivity contribution in [2.24, 2.45) is 0 Å². The molecule has 0 saturated carbocycles. The number of nitrogens with one attached hydrogen (secondary N) is 2. The third-order valence-electron chi connectivity index (χ3n) is 6.25. The maximum Gasteiger partial charge on any atom is 0.262 e. The lowest BCUT2D eigenvalue weighted by molar-refractivity contribution is 0.102. The molecule has 180 valence electrons. The van der Waals surface area contributed by atoms with Gasteiger partial charge in [-0.15, -0.1) is 0 Å². The highest BCUT2D eigenvalue weighted by molar-refractivity contribution is 7.92. The van der Waals surface area contributed by atoms with Gasteiger partial charge in [0.15, 0.2) is 0 Å². The molecule has 0 bridgehead atoms. The molecule has 3 aromatic rings. The maximum atomic E-state index is 13.5. The van der Waals surface area contributed by atoms with Gasteiger partial charge in [-0.25, -0.2) is 8.42 Å². The lowest BCUT2D eigenvalue weighted by Gasteiger charge is -2.21. The Kier molecular flexibility index (Phi) is 7.21. The summed E-state index contributed by atoms with van der Waals surface area (Å²) < 4.78 is 40.5. The van der Waals surface area contributed by atoms with Crippen molar-refractivity contribution < 1.29 is 22.7 Å². The number of carbonyl (C=O) groups is 1. The van der Waals surface area contributed by atoms with Crippen LogP contribution in [0.2, 0.25) is 0 Å². The molecule has 0 heterocycles. The van der Waals surface area contributed by atoms with Crippen molar-refractivity contribution in [2.75, 3.05) is 24.3 Å². The SMILES string of the molecule is COc1cc(NS(=O)(=O)c2c(C)c(C)c(C)c(C)c2C)c(OC)cc1NC(=O)c1ccccc1. The molecule has 0 unspecified atom stereocenters. The van der Waals surface area contributed by atoms with E-state index < -0.39 is 10.0 Å². The second-order valence-electron chi connectivity index (χ2n) is 8.13. The normalized spacial score (nSPS) is 11.1. The molecule has 0 saturated heterocycles. The van der Waals surface area contributed by atoms with Crippen molar-refractivity contribution in [3.63, 3.8) is 0 Å². The van der Waals surface area contributed by atoms with Crippen molar-refractivity contribution >= 4 is 27.3 Å². The van der Waals surface area contributed by atoms with Gasteiger partial charge < -0.3 is 14.8 Å². The standard InChI is InChI=1S/C26H30N2O5S/c1-15-16(2)18(4)25(19(5)17(15)3)34(30,31)28-22-14-23(32-6)21(13-24(22)33-7)27-26(29)20-11-9-8-10-12-20/h8-14,28H,1-7H3,(H,27,29). The molecule has 34 heavy (non-hydrogen) atoms. The molecule has 0 aromatic heterocycles. The van der Waals surface area contributed by atoms with Gasteiger partial charge in [0.25, 0.3) is 15.9 Å². The van der Waals surface area contributed by atoms with Crippen molar-refractivity contribution in [3.8, 4) is 11.5 Å². The molecule has 0 aliphatic heterocycles. The van der Waals surface area contributed by atoms with E-state index in [9.17, 15) is 13.2 Å². The number of amides is 1. The van der Waals surface area contributed by atoms with E-state index in [4.69, 9.17) is 9.47 Å². The fourth-order valence-electron chi connectivity index (χ4n) is 3.92. The van der Waals surface area contributed by atoms with Crippen LogP contribution in [0.5, 0.6) is 11.5 Å². The summed E-state index contributed by atoms with van der Waals surface area (Å²) in [6.07, 6.45) is 0. The van der Waals surface area contributed by atoms with Crippen LogP contribution in [0.3, 0.4) is 0 Å². The Morgan fingerprint density at radius 2 is 1.21 bits per heavy atom. The molecule has 0 atom stereocenters. The highest BCUT2D eigenvalue weighted by Gasteiger charge is 2.26. The molecular weight excluding hydrogens is 452 g/mol. The van der Waals surface area contributed by atoms with Gasteiger partial charge >= 0.3 is 0 Å². The van der Waals surface area contributed by atoms with Gasteiger partial charge in [0.2, 0.25) is 0 Å². The Balaban J connectivity index is 2.04. The fourth-order valence-corrected chi connectivity index (χ4v) is 5.59. The van der Waals surface area contributed by atoms with E-state index >= 15 is 0 Å². The first kappa shape index (κ1) is 25.1. The number of carbonyl (C=O) groups excluding carboxylic acids is 1. The van der Waals surface area contributed by atoms with Crippen molar-refractivity contribution in [1.29, 1.82) is 0 Å². The highest BCUT2D eigenvalue weighted by atomic mass is 32.2. The van der Waals surface area contributed by atoms with Crippen LogP contribution in [-0.2, 0) is 10.0 Å². The van der Waals surface area contributed by atoms with Crippen LogP contribution in [0, 0.1) is 34.6 Å². The zero-order chi connectivity index (χ0) is 25.2. The zero-order valence-corrected chi connectivity index (χ0v) is 21.3. The molecule has 0 aliphatic rings. The van der Waals surface area contributed by atoms with Crippen molar-refractivity contribution in [3.05, 3.63) is 75.8 Å². The lowest BCUT2D eigenvalue weighted by atomic mass is 9.95. The van der Waals surface area contributed by atoms with Crippen LogP contribution < -0.4 is 19.5 Å². The number of rotatable bonds is 7. The number of hydrogen-bond donors (Lipinski definition) is 2. The van der Waals surface area contributed by atoms with E-state index in [0.717, 1.165) is 16.7 Å². The van der Waals surface area contributed by atoms with Gasteiger partial charge in [-0.05, 0) is 74.6 Å². The minimum atomic E-state index is -3.95. The average molecular weight is 483 g/mol. The second-order valence-corrected chi connectivity index (χ2v) is 9.75. The molecule has 0 fully saturated rings. The molecule has 0 aliphatic carbocycles. The monoisotopic (exact) mass is 482 g/mol. The van der Waals surface area contributed by atoms with Crippen molar-refractivity contribution in [2.45, 2.75) is 39.5 Å². The highest BCUT2D eigenvalue weighted by Crippen LogP contribution is 2.39. The number of benzene rings is 3. The summed E-state index contributed by atoms with van der Waals surface area (Å²) in [5.41, 5.74) is 5.38. The molecule has 1 amide bonds. The third kappa shape index (κ3) is 4.72. The van der Waals surface area contributed by atoms with E-state index in [0.29, 0.717) is 22.4 Å².